The van der Waals surface area contributed by atoms with Gasteiger partial charge in [-0.2, -0.15) is 0 Å². The third-order valence-electron chi connectivity index (χ3n) is 2.33. The number of hydrogen-bond acceptors (Lipinski definition) is 6. The van der Waals surface area contributed by atoms with E-state index >= 15 is 0 Å². The predicted octanol–water partition coefficient (Wildman–Crippen LogP) is 2.57. The number of aromatic nitrogens is 2. The largest absolute Gasteiger partial charge is 0.414 e. The smallest absolute Gasteiger partial charge is 0.407 e. The van der Waals surface area contributed by atoms with E-state index in [1.165, 1.54) is 30.5 Å². The average molecular weight is 294 g/mol. The van der Waals surface area contributed by atoms with E-state index in [0.717, 1.165) is 0 Å². The molecule has 2 aromatic heterocycles. The molecule has 7 nitrogen and oxygen atoms in total. The molecule has 0 aromatic carbocycles. The van der Waals surface area contributed by atoms with Gasteiger partial charge in [0.2, 0.25) is 5.75 Å². The molecular formula is C12H8ClN3O4. The first-order chi connectivity index (χ1) is 9.49. The molecule has 0 atom stereocenters. The third-order valence-corrected chi connectivity index (χ3v) is 2.63. The quantitative estimate of drug-likeness (QED) is 0.373. The minimum absolute atomic E-state index is 0.0176. The number of aryl methyl sites for hydroxylation is 1. The SMILES string of the molecule is Cc1ccc(OC(=O)c2cccnc2Cl)c([N+](=O)[O-])n1. The van der Waals surface area contributed by atoms with Crippen LogP contribution >= 0.6 is 11.6 Å². The van der Waals surface area contributed by atoms with Gasteiger partial charge in [0.15, 0.2) is 0 Å². The lowest BCUT2D eigenvalue weighted by atomic mass is 10.3. The summed E-state index contributed by atoms with van der Waals surface area (Å²) in [4.78, 5) is 29.5. The lowest BCUT2D eigenvalue weighted by Crippen LogP contribution is -2.11. The van der Waals surface area contributed by atoms with Crippen LogP contribution in [0.15, 0.2) is 30.5 Å². The zero-order valence-corrected chi connectivity index (χ0v) is 11.0. The Balaban J connectivity index is 2.33. The fourth-order valence-electron chi connectivity index (χ4n) is 1.43. The normalized spacial score (nSPS) is 10.1. The van der Waals surface area contributed by atoms with Crippen LogP contribution in [0.3, 0.4) is 0 Å². The van der Waals surface area contributed by atoms with Crippen LogP contribution in [0.1, 0.15) is 16.1 Å². The van der Waals surface area contributed by atoms with Crippen molar-refractivity contribution < 1.29 is 14.5 Å². The zero-order chi connectivity index (χ0) is 14.7. The topological polar surface area (TPSA) is 95.2 Å². The monoisotopic (exact) mass is 293 g/mol. The minimum Gasteiger partial charge on any atom is -0.414 e. The first-order valence-corrected chi connectivity index (χ1v) is 5.81. The number of hydrogen-bond donors (Lipinski definition) is 0. The van der Waals surface area contributed by atoms with Gasteiger partial charge in [-0.05, 0) is 34.2 Å². The Bertz CT molecular complexity index is 690. The van der Waals surface area contributed by atoms with Gasteiger partial charge in [-0.15, -0.1) is 0 Å². The third kappa shape index (κ3) is 2.89. The standard InChI is InChI=1S/C12H8ClN3O4/c1-7-4-5-9(11(15-7)16(18)19)20-12(17)8-3-2-6-14-10(8)13/h2-6H,1H3. The van der Waals surface area contributed by atoms with Crippen molar-refractivity contribution in [2.75, 3.05) is 0 Å². The van der Waals surface area contributed by atoms with E-state index in [1.54, 1.807) is 6.92 Å². The second-order valence-electron chi connectivity index (χ2n) is 3.76. The Morgan fingerprint density at radius 3 is 2.80 bits per heavy atom. The van der Waals surface area contributed by atoms with Gasteiger partial charge in [-0.25, -0.2) is 9.78 Å². The number of carbonyl (C=O) groups is 1. The molecule has 0 radical (unpaired) electrons. The van der Waals surface area contributed by atoms with E-state index in [9.17, 15) is 14.9 Å². The van der Waals surface area contributed by atoms with Gasteiger partial charge >= 0.3 is 11.8 Å². The molecule has 0 saturated heterocycles. The molecule has 2 aromatic rings. The number of esters is 1. The Kier molecular flexibility index (Phi) is 3.90. The number of carbonyl (C=O) groups excluding carboxylic acids is 1. The second-order valence-corrected chi connectivity index (χ2v) is 4.12. The molecule has 0 aliphatic heterocycles. The van der Waals surface area contributed by atoms with Crippen LogP contribution in [0.5, 0.6) is 5.75 Å². The summed E-state index contributed by atoms with van der Waals surface area (Å²) in [5.74, 6) is -1.61. The highest BCUT2D eigenvalue weighted by Gasteiger charge is 2.22. The molecule has 20 heavy (non-hydrogen) atoms. The fraction of sp³-hybridized carbons (Fsp3) is 0.0833. The number of nitrogens with zero attached hydrogens (tertiary/aromatic N) is 3. The highest BCUT2D eigenvalue weighted by atomic mass is 35.5. The van der Waals surface area contributed by atoms with Gasteiger partial charge in [0.25, 0.3) is 0 Å². The molecule has 0 amide bonds. The highest BCUT2D eigenvalue weighted by molar-refractivity contribution is 6.32. The summed E-state index contributed by atoms with van der Waals surface area (Å²) in [5.41, 5.74) is 0.458. The van der Waals surface area contributed by atoms with Gasteiger partial charge in [0, 0.05) is 13.1 Å². The zero-order valence-electron chi connectivity index (χ0n) is 10.2. The minimum atomic E-state index is -0.836. The van der Waals surface area contributed by atoms with Crippen LogP contribution in [0.2, 0.25) is 5.15 Å². The molecular weight excluding hydrogens is 286 g/mol. The number of halogens is 1. The summed E-state index contributed by atoms with van der Waals surface area (Å²) in [7, 11) is 0. The number of nitro groups is 1. The summed E-state index contributed by atoms with van der Waals surface area (Å²) in [5, 5.41) is 10.8. The molecule has 0 aliphatic carbocycles. The van der Waals surface area contributed by atoms with E-state index in [-0.39, 0.29) is 16.5 Å². The molecule has 8 heteroatoms. The lowest BCUT2D eigenvalue weighted by Gasteiger charge is -2.05. The van der Waals surface area contributed by atoms with Crippen molar-refractivity contribution in [3.8, 4) is 5.75 Å². The fourth-order valence-corrected chi connectivity index (χ4v) is 1.63. The molecule has 2 rings (SSSR count). The van der Waals surface area contributed by atoms with Gasteiger partial charge in [-0.1, -0.05) is 11.6 Å². The highest BCUT2D eigenvalue weighted by Crippen LogP contribution is 2.26. The first kappa shape index (κ1) is 13.9. The van der Waals surface area contributed by atoms with Gasteiger partial charge < -0.3 is 14.9 Å². The summed E-state index contributed by atoms with van der Waals surface area (Å²) >= 11 is 5.75. The summed E-state index contributed by atoms with van der Waals surface area (Å²) in [6.07, 6.45) is 1.41. The summed E-state index contributed by atoms with van der Waals surface area (Å²) in [6, 6.07) is 5.72. The molecule has 2 heterocycles. The maximum absolute atomic E-state index is 11.9. The molecule has 0 fully saturated rings. The van der Waals surface area contributed by atoms with Crippen LogP contribution in [0.25, 0.3) is 0 Å². The molecule has 0 unspecified atom stereocenters. The molecule has 0 spiro atoms. The maximum Gasteiger partial charge on any atom is 0.407 e. The Labute approximate surface area is 118 Å². The Hall–Kier alpha value is -2.54. The van der Waals surface area contributed by atoms with Crippen molar-refractivity contribution in [1.29, 1.82) is 0 Å². The van der Waals surface area contributed by atoms with Crippen LogP contribution in [0.4, 0.5) is 5.82 Å². The van der Waals surface area contributed by atoms with Crippen LogP contribution in [0, 0.1) is 17.0 Å². The second kappa shape index (κ2) is 5.62. The van der Waals surface area contributed by atoms with Crippen molar-refractivity contribution in [2.24, 2.45) is 0 Å². The van der Waals surface area contributed by atoms with Crippen LogP contribution < -0.4 is 4.74 Å². The van der Waals surface area contributed by atoms with E-state index < -0.39 is 16.7 Å². The number of pyridine rings is 2. The van der Waals surface area contributed by atoms with E-state index in [0.29, 0.717) is 5.69 Å². The van der Waals surface area contributed by atoms with Crippen LogP contribution in [-0.2, 0) is 0 Å². The first-order valence-electron chi connectivity index (χ1n) is 5.44. The summed E-state index contributed by atoms with van der Waals surface area (Å²) < 4.78 is 4.96. The van der Waals surface area contributed by atoms with E-state index in [1.807, 2.05) is 0 Å². The van der Waals surface area contributed by atoms with Gasteiger partial charge in [-0.3, -0.25) is 0 Å². The Morgan fingerprint density at radius 1 is 1.40 bits per heavy atom. The number of ether oxygens (including phenoxy) is 1. The molecule has 0 bridgehead atoms. The van der Waals surface area contributed by atoms with E-state index in [2.05, 4.69) is 9.97 Å². The van der Waals surface area contributed by atoms with Gasteiger partial charge in [0.1, 0.15) is 10.8 Å². The van der Waals surface area contributed by atoms with Gasteiger partial charge in [0.05, 0.1) is 5.56 Å². The number of rotatable bonds is 3. The molecule has 0 N–H and O–H groups in total. The maximum atomic E-state index is 11.9. The van der Waals surface area contributed by atoms with Crippen molar-refractivity contribution in [2.45, 2.75) is 6.92 Å². The van der Waals surface area contributed by atoms with Crippen molar-refractivity contribution >= 4 is 23.4 Å². The molecule has 0 saturated carbocycles. The Morgan fingerprint density at radius 2 is 2.15 bits per heavy atom. The van der Waals surface area contributed by atoms with Crippen molar-refractivity contribution in [3.05, 3.63) is 57.0 Å². The average Bonchev–Trinajstić information content (AvgIpc) is 2.41. The summed E-state index contributed by atoms with van der Waals surface area (Å²) in [6.45, 7) is 1.59. The van der Waals surface area contributed by atoms with E-state index in [4.69, 9.17) is 16.3 Å². The predicted molar refractivity (Wildman–Crippen MR) is 69.8 cm³/mol. The van der Waals surface area contributed by atoms with Crippen LogP contribution in [-0.4, -0.2) is 20.9 Å². The molecule has 102 valence electrons. The van der Waals surface area contributed by atoms with Crippen molar-refractivity contribution in [1.82, 2.24) is 9.97 Å². The van der Waals surface area contributed by atoms with Crippen molar-refractivity contribution in [3.63, 3.8) is 0 Å². The molecule has 0 aliphatic rings. The lowest BCUT2D eigenvalue weighted by molar-refractivity contribution is -0.390.